The van der Waals surface area contributed by atoms with Gasteiger partial charge >= 0.3 is 24.4 Å². The Labute approximate surface area is 342 Å². The topological polar surface area (TPSA) is 176 Å². The number of carbonyl (C=O) groups excluding carboxylic acids is 4. The van der Waals surface area contributed by atoms with E-state index in [1.54, 1.807) is 51.1 Å². The number of pyridine rings is 1. The van der Waals surface area contributed by atoms with Crippen LogP contribution in [0.2, 0.25) is 0 Å². The minimum Gasteiger partial charge on any atom is -0.444 e. The van der Waals surface area contributed by atoms with Gasteiger partial charge in [0.05, 0.1) is 23.7 Å². The van der Waals surface area contributed by atoms with Crippen molar-refractivity contribution in [1.29, 1.82) is 0 Å². The van der Waals surface area contributed by atoms with Crippen LogP contribution in [-0.2, 0) is 38.7 Å². The highest BCUT2D eigenvalue weighted by Gasteiger charge is 2.57. The smallest absolute Gasteiger partial charge is 0.419 e. The van der Waals surface area contributed by atoms with Gasteiger partial charge in [-0.1, -0.05) is 70.2 Å². The Hall–Kier alpha value is -5.43. The molecule has 0 spiro atoms. The predicted octanol–water partition coefficient (Wildman–Crippen LogP) is 6.51. The Bertz CT molecular complexity index is 2050. The molecule has 3 atom stereocenters. The first-order valence-corrected chi connectivity index (χ1v) is 18.7. The van der Waals surface area contributed by atoms with E-state index in [9.17, 15) is 60.5 Å². The number of rotatable bonds is 15. The average Bonchev–Trinajstić information content (AvgIpc) is 3.13. The maximum absolute atomic E-state index is 14.6. The predicted molar refractivity (Wildman–Crippen MR) is 208 cm³/mol. The molecule has 1 heterocycles. The van der Waals surface area contributed by atoms with Gasteiger partial charge in [0, 0.05) is 19.5 Å². The maximum Gasteiger partial charge on any atom is 0.419 e. The van der Waals surface area contributed by atoms with Crippen molar-refractivity contribution in [3.8, 4) is 5.75 Å². The molecular weight excluding hydrogens is 806 g/mol. The zero-order chi connectivity index (χ0) is 45.5. The van der Waals surface area contributed by atoms with E-state index in [0.29, 0.717) is 20.6 Å². The molecule has 3 rings (SSSR count). The Morgan fingerprint density at radius 3 is 1.95 bits per heavy atom. The fourth-order valence-corrected chi connectivity index (χ4v) is 5.79. The summed E-state index contributed by atoms with van der Waals surface area (Å²) in [7, 11) is 0. The highest BCUT2D eigenvalue weighted by molar-refractivity contribution is 6.00. The molecule has 0 saturated carbocycles. The molecule has 3 aromatic rings. The lowest BCUT2D eigenvalue weighted by molar-refractivity contribution is -0.271. The monoisotopic (exact) mass is 856 g/mol. The van der Waals surface area contributed by atoms with E-state index in [1.165, 1.54) is 38.1 Å². The van der Waals surface area contributed by atoms with Gasteiger partial charge in [0.25, 0.3) is 5.56 Å². The van der Waals surface area contributed by atoms with Gasteiger partial charge in [-0.25, -0.2) is 4.79 Å². The standard InChI is InChI=1S/C41H50F6N4O9/c1-23(2)31(34(54)40(42,43)44)48-30(53)20-50-19-28(18-26-14-16-29(17-15-26)60-36(56)38(6,7)8)33(51(25(5)52)22-39(58,24(3)4)41(45,46)47)32(35(50)55)49-37(57)59-21-27-12-10-9-11-13-27/h9-17,19,23-24,31,34,54,58H,18,20-22H2,1-8H3,(H,48,53)(H,49,57). The Morgan fingerprint density at radius 1 is 0.883 bits per heavy atom. The molecule has 4 N–H and O–H groups in total. The van der Waals surface area contributed by atoms with Crippen molar-refractivity contribution in [2.45, 2.75) is 105 Å². The van der Waals surface area contributed by atoms with E-state index in [-0.39, 0.29) is 24.3 Å². The van der Waals surface area contributed by atoms with Crippen LogP contribution in [0, 0.1) is 17.3 Å². The Kier molecular flexibility index (Phi) is 15.7. The summed E-state index contributed by atoms with van der Waals surface area (Å²) in [5.41, 5.74) is -6.65. The number of esters is 1. The van der Waals surface area contributed by atoms with Gasteiger partial charge in [-0.3, -0.25) is 24.5 Å². The van der Waals surface area contributed by atoms with Crippen LogP contribution in [0.5, 0.6) is 5.75 Å². The number of hydrogen-bond donors (Lipinski definition) is 4. The summed E-state index contributed by atoms with van der Waals surface area (Å²) in [6, 6.07) is 12.0. The first-order valence-electron chi connectivity index (χ1n) is 18.7. The largest absolute Gasteiger partial charge is 0.444 e. The minimum atomic E-state index is -5.33. The SMILES string of the molecule is CC(=O)N(CC(O)(C(C)C)C(F)(F)F)c1c(Cc2ccc(OC(=O)C(C)(C)C)cc2)cn(CC(=O)NC(C(C)C)C(O)C(F)(F)F)c(=O)c1NC(=O)OCc1ccccc1. The zero-order valence-electron chi connectivity index (χ0n) is 34.3. The van der Waals surface area contributed by atoms with Gasteiger partial charge in [-0.15, -0.1) is 0 Å². The lowest BCUT2D eigenvalue weighted by atomic mass is 9.88. The molecule has 3 unspecified atom stereocenters. The number of nitrogens with zero attached hydrogens (tertiary/aromatic N) is 2. The number of ether oxygens (including phenoxy) is 2. The van der Waals surface area contributed by atoms with Crippen LogP contribution in [0.15, 0.2) is 65.6 Å². The number of carbonyl (C=O) groups is 4. The van der Waals surface area contributed by atoms with Crippen molar-refractivity contribution in [2.24, 2.45) is 17.3 Å². The first kappa shape index (κ1) is 48.9. The maximum atomic E-state index is 14.6. The van der Waals surface area contributed by atoms with E-state index in [0.717, 1.165) is 27.0 Å². The lowest BCUT2D eigenvalue weighted by Crippen LogP contribution is -2.58. The van der Waals surface area contributed by atoms with E-state index in [4.69, 9.17) is 9.47 Å². The fraction of sp³-hybridized carbons (Fsp3) is 0.488. The van der Waals surface area contributed by atoms with Crippen LogP contribution < -0.4 is 25.8 Å². The van der Waals surface area contributed by atoms with Crippen molar-refractivity contribution in [3.05, 3.63) is 87.8 Å². The quantitative estimate of drug-likeness (QED) is 0.0755. The van der Waals surface area contributed by atoms with Gasteiger partial charge in [-0.05, 0) is 61.4 Å². The second kappa shape index (κ2) is 19.3. The molecule has 60 heavy (non-hydrogen) atoms. The molecule has 0 aliphatic carbocycles. The number of alkyl halides is 6. The molecule has 0 aliphatic rings. The summed E-state index contributed by atoms with van der Waals surface area (Å²) < 4.78 is 95.6. The number of nitrogens with one attached hydrogen (secondary N) is 2. The van der Waals surface area contributed by atoms with E-state index < -0.39 is 101 Å². The summed E-state index contributed by atoms with van der Waals surface area (Å²) in [5.74, 6) is -5.33. The molecule has 1 aromatic heterocycles. The van der Waals surface area contributed by atoms with E-state index >= 15 is 0 Å². The normalized spacial score (nSPS) is 14.2. The summed E-state index contributed by atoms with van der Waals surface area (Å²) >= 11 is 0. The molecular formula is C41H50F6N4O9. The Balaban J connectivity index is 2.32. The number of halogens is 6. The number of anilines is 2. The fourth-order valence-electron chi connectivity index (χ4n) is 5.79. The van der Waals surface area contributed by atoms with Crippen molar-refractivity contribution >= 4 is 35.3 Å². The van der Waals surface area contributed by atoms with Crippen LogP contribution in [0.3, 0.4) is 0 Å². The highest BCUT2D eigenvalue weighted by atomic mass is 19.4. The molecule has 13 nitrogen and oxygen atoms in total. The summed E-state index contributed by atoms with van der Waals surface area (Å²) in [6.45, 7) is 7.55. The third-order valence-corrected chi connectivity index (χ3v) is 9.44. The average molecular weight is 857 g/mol. The first-order chi connectivity index (χ1) is 27.6. The Morgan fingerprint density at radius 2 is 1.47 bits per heavy atom. The molecule has 2 aromatic carbocycles. The van der Waals surface area contributed by atoms with Gasteiger partial charge in [0.2, 0.25) is 11.8 Å². The van der Waals surface area contributed by atoms with Crippen molar-refractivity contribution < 1.29 is 65.2 Å². The number of aliphatic hydroxyl groups is 2. The lowest BCUT2D eigenvalue weighted by Gasteiger charge is -2.39. The van der Waals surface area contributed by atoms with Gasteiger partial charge in [0.1, 0.15) is 24.6 Å². The summed E-state index contributed by atoms with van der Waals surface area (Å²) in [5, 5.41) is 25.3. The molecule has 0 aliphatic heterocycles. The summed E-state index contributed by atoms with van der Waals surface area (Å²) in [6.07, 6.45) is -14.2. The number of hydrogen-bond acceptors (Lipinski definition) is 9. The highest BCUT2D eigenvalue weighted by Crippen LogP contribution is 2.40. The zero-order valence-corrected chi connectivity index (χ0v) is 34.3. The van der Waals surface area contributed by atoms with Crippen molar-refractivity contribution in [3.63, 3.8) is 0 Å². The number of aromatic nitrogens is 1. The number of benzene rings is 2. The minimum absolute atomic E-state index is 0.113. The molecule has 0 radical (unpaired) electrons. The van der Waals surface area contributed by atoms with Gasteiger partial charge < -0.3 is 34.5 Å². The van der Waals surface area contributed by atoms with Crippen LogP contribution in [0.1, 0.15) is 72.1 Å². The van der Waals surface area contributed by atoms with Crippen LogP contribution in [-0.4, -0.2) is 75.3 Å². The number of aliphatic hydroxyl groups excluding tert-OH is 1. The van der Waals surface area contributed by atoms with Crippen LogP contribution >= 0.6 is 0 Å². The third kappa shape index (κ3) is 12.5. The number of amides is 3. The third-order valence-electron chi connectivity index (χ3n) is 9.44. The molecule has 330 valence electrons. The molecule has 0 saturated heterocycles. The van der Waals surface area contributed by atoms with Gasteiger partial charge in [-0.2, -0.15) is 26.3 Å². The molecule has 0 fully saturated rings. The van der Waals surface area contributed by atoms with Gasteiger partial charge in [0.15, 0.2) is 11.7 Å². The van der Waals surface area contributed by atoms with E-state index in [1.807, 2.05) is 0 Å². The second-order valence-electron chi connectivity index (χ2n) is 16.0. The van der Waals surface area contributed by atoms with Crippen LogP contribution in [0.25, 0.3) is 0 Å². The summed E-state index contributed by atoms with van der Waals surface area (Å²) in [4.78, 5) is 67.4. The van der Waals surface area contributed by atoms with Crippen molar-refractivity contribution in [2.75, 3.05) is 16.8 Å². The molecule has 0 bridgehead atoms. The molecule has 19 heteroatoms. The van der Waals surface area contributed by atoms with E-state index in [2.05, 4.69) is 10.6 Å². The van der Waals surface area contributed by atoms with Crippen molar-refractivity contribution in [1.82, 2.24) is 9.88 Å². The second-order valence-corrected chi connectivity index (χ2v) is 16.0. The molecule has 3 amide bonds. The van der Waals surface area contributed by atoms with Crippen LogP contribution in [0.4, 0.5) is 42.5 Å².